The molecular formula is C32H49BrF3N3O4S2Si. The Labute approximate surface area is 285 Å². The lowest BCUT2D eigenvalue weighted by molar-refractivity contribution is 0.0683. The van der Waals surface area contributed by atoms with E-state index in [0.29, 0.717) is 59.8 Å². The summed E-state index contributed by atoms with van der Waals surface area (Å²) in [4.78, 5) is 4.38. The molecule has 1 aliphatic rings. The number of nitrogens with zero attached hydrogens (tertiary/aromatic N) is 3. The fraction of sp³-hybridized carbons (Fsp3) is 0.656. The summed E-state index contributed by atoms with van der Waals surface area (Å²) in [7, 11) is -4.87. The molecule has 0 bridgehead atoms. The van der Waals surface area contributed by atoms with E-state index in [1.807, 2.05) is 20.8 Å². The lowest BCUT2D eigenvalue weighted by atomic mass is 9.88. The quantitative estimate of drug-likeness (QED) is 0.148. The van der Waals surface area contributed by atoms with E-state index < -0.39 is 68.4 Å². The average molecular weight is 769 g/mol. The highest BCUT2D eigenvalue weighted by atomic mass is 79.9. The Morgan fingerprint density at radius 2 is 1.74 bits per heavy atom. The van der Waals surface area contributed by atoms with Crippen molar-refractivity contribution in [2.45, 2.75) is 95.6 Å². The molecule has 3 atom stereocenters. The number of methoxy groups -OCH3 is 2. The van der Waals surface area contributed by atoms with Gasteiger partial charge in [0.25, 0.3) is 6.43 Å². The molecule has 1 aliphatic heterocycles. The molecule has 2 aromatic rings. The van der Waals surface area contributed by atoms with Gasteiger partial charge in [-0.3, -0.25) is 4.21 Å². The van der Waals surface area contributed by atoms with Crippen LogP contribution in [-0.2, 0) is 32.7 Å². The van der Waals surface area contributed by atoms with Crippen LogP contribution in [-0.4, -0.2) is 75.8 Å². The van der Waals surface area contributed by atoms with Crippen molar-refractivity contribution in [2.75, 3.05) is 38.8 Å². The molecule has 0 radical (unpaired) electrons. The summed E-state index contributed by atoms with van der Waals surface area (Å²) in [5.41, 5.74) is -2.27. The van der Waals surface area contributed by atoms with E-state index in [2.05, 4.69) is 25.3 Å². The largest absolute Gasteiger partial charge is 0.497 e. The number of ether oxygens (including phenoxy) is 2. The second-order valence-corrected chi connectivity index (χ2v) is 23.4. The van der Waals surface area contributed by atoms with Gasteiger partial charge in [0.05, 0.1) is 33.7 Å². The van der Waals surface area contributed by atoms with E-state index in [4.69, 9.17) is 9.47 Å². The number of pyridine rings is 1. The Bertz CT molecular complexity index is 1510. The van der Waals surface area contributed by atoms with Gasteiger partial charge in [0, 0.05) is 52.6 Å². The minimum absolute atomic E-state index is 0.0916. The molecule has 1 aromatic heterocycles. The fourth-order valence-corrected chi connectivity index (χ4v) is 14.4. The third-order valence-corrected chi connectivity index (χ3v) is 20.0. The van der Waals surface area contributed by atoms with Crippen LogP contribution in [0.3, 0.4) is 0 Å². The normalized spacial score (nSPS) is 20.1. The lowest BCUT2D eigenvalue weighted by Crippen LogP contribution is -2.54. The van der Waals surface area contributed by atoms with Gasteiger partial charge in [0.15, 0.2) is 0 Å². The van der Waals surface area contributed by atoms with E-state index in [1.54, 1.807) is 49.3 Å². The standard InChI is InChI=1S/C32H49BrF3N3O4S2Si/c1-9-46(10-2,11-3)26-19-27(33)38-29(28(26)34)32(30(35)36,21-44(40)31(4,5)6)22-45(41)37-16-12-13-17-39(45)20-23-14-15-24(42-7)18-25(23)43-8/h14-15,18-19,30H,9-13,16-17,20-22H2,1-8H3/t32-,44-,45?/m1/s1. The summed E-state index contributed by atoms with van der Waals surface area (Å²) >= 11 is 3.40. The van der Waals surface area contributed by atoms with Crippen LogP contribution in [0.15, 0.2) is 33.2 Å². The van der Waals surface area contributed by atoms with Gasteiger partial charge < -0.3 is 9.47 Å². The molecular weight excluding hydrogens is 719 g/mol. The van der Waals surface area contributed by atoms with Gasteiger partial charge in [-0.15, -0.1) is 0 Å². The first kappa shape index (κ1) is 39.0. The predicted octanol–water partition coefficient (Wildman–Crippen LogP) is 7.45. The van der Waals surface area contributed by atoms with Gasteiger partial charge in [0.2, 0.25) is 0 Å². The molecule has 0 saturated carbocycles. The van der Waals surface area contributed by atoms with Crippen LogP contribution in [0.1, 0.15) is 65.6 Å². The number of halogens is 4. The molecule has 7 nitrogen and oxygen atoms in total. The predicted molar refractivity (Wildman–Crippen MR) is 189 cm³/mol. The van der Waals surface area contributed by atoms with Crippen LogP contribution in [0.25, 0.3) is 0 Å². The molecule has 0 N–H and O–H groups in total. The van der Waals surface area contributed by atoms with E-state index in [0.717, 1.165) is 0 Å². The average Bonchev–Trinajstić information content (AvgIpc) is 3.19. The van der Waals surface area contributed by atoms with Crippen LogP contribution in [0.5, 0.6) is 11.5 Å². The SMILES string of the molecule is CC[Si](CC)(CC)c1cc(Br)nc([C@@](C[S@@](=O)C(C)(C)C)(CS2(=O)=NCCCCN2Cc2ccc(OC)cc2OC)C(F)F)c1F. The summed E-state index contributed by atoms with van der Waals surface area (Å²) in [6.07, 6.45) is -1.98. The van der Waals surface area contributed by atoms with E-state index in [9.17, 15) is 4.21 Å². The minimum Gasteiger partial charge on any atom is -0.497 e. The van der Waals surface area contributed by atoms with Crippen molar-refractivity contribution in [2.24, 2.45) is 4.36 Å². The molecule has 260 valence electrons. The topological polar surface area (TPSA) is 81.1 Å². The molecule has 2 heterocycles. The lowest BCUT2D eigenvalue weighted by Gasteiger charge is -2.39. The summed E-state index contributed by atoms with van der Waals surface area (Å²) in [5.74, 6) is -1.09. The van der Waals surface area contributed by atoms with Crippen molar-refractivity contribution in [1.82, 2.24) is 9.29 Å². The van der Waals surface area contributed by atoms with Gasteiger partial charge in [-0.05, 0) is 66.9 Å². The first-order chi connectivity index (χ1) is 21.6. The molecule has 1 unspecified atom stereocenters. The van der Waals surface area contributed by atoms with Crippen LogP contribution in [0.4, 0.5) is 13.2 Å². The Morgan fingerprint density at radius 3 is 2.28 bits per heavy atom. The molecule has 0 amide bonds. The zero-order chi connectivity index (χ0) is 34.5. The Balaban J connectivity index is 2.33. The number of aromatic nitrogens is 1. The summed E-state index contributed by atoms with van der Waals surface area (Å²) < 4.78 is 94.4. The van der Waals surface area contributed by atoms with E-state index in [-0.39, 0.29) is 17.7 Å². The molecule has 0 saturated heterocycles. The van der Waals surface area contributed by atoms with Crippen LogP contribution < -0.4 is 14.7 Å². The molecule has 0 spiro atoms. The van der Waals surface area contributed by atoms with E-state index >= 15 is 17.4 Å². The first-order valence-electron chi connectivity index (χ1n) is 15.8. The van der Waals surface area contributed by atoms with Gasteiger partial charge in [-0.1, -0.05) is 45.0 Å². The maximum atomic E-state index is 17.0. The van der Waals surface area contributed by atoms with Gasteiger partial charge >= 0.3 is 0 Å². The smallest absolute Gasteiger partial charge is 0.251 e. The maximum absolute atomic E-state index is 17.0. The van der Waals surface area contributed by atoms with Crippen LogP contribution >= 0.6 is 15.9 Å². The van der Waals surface area contributed by atoms with Crippen molar-refractivity contribution >= 4 is 49.9 Å². The summed E-state index contributed by atoms with van der Waals surface area (Å²) in [5, 5.41) is 0.413. The number of hydrogen-bond donors (Lipinski definition) is 0. The molecule has 46 heavy (non-hydrogen) atoms. The number of benzene rings is 1. The number of hydrogen-bond acceptors (Lipinski definition) is 6. The molecule has 14 heteroatoms. The Kier molecular flexibility index (Phi) is 13.4. The van der Waals surface area contributed by atoms with E-state index in [1.165, 1.54) is 14.2 Å². The zero-order valence-corrected chi connectivity index (χ0v) is 32.5. The summed E-state index contributed by atoms with van der Waals surface area (Å²) in [6, 6.07) is 9.00. The maximum Gasteiger partial charge on any atom is 0.251 e. The minimum atomic E-state index is -3.60. The Morgan fingerprint density at radius 1 is 1.09 bits per heavy atom. The van der Waals surface area contributed by atoms with Crippen LogP contribution in [0.2, 0.25) is 18.1 Å². The third kappa shape index (κ3) is 8.20. The van der Waals surface area contributed by atoms with Gasteiger partial charge in [-0.25, -0.2) is 31.0 Å². The third-order valence-electron chi connectivity index (χ3n) is 9.29. The second kappa shape index (κ2) is 15.8. The molecule has 3 rings (SSSR count). The second-order valence-electron chi connectivity index (χ2n) is 12.9. The van der Waals surface area contributed by atoms with Crippen molar-refractivity contribution in [1.29, 1.82) is 0 Å². The van der Waals surface area contributed by atoms with Crippen molar-refractivity contribution < 1.29 is 31.1 Å². The Hall–Kier alpha value is -1.48. The zero-order valence-electron chi connectivity index (χ0n) is 28.3. The fourth-order valence-electron chi connectivity index (χ4n) is 6.05. The van der Waals surface area contributed by atoms with Gasteiger partial charge in [0.1, 0.15) is 37.2 Å². The van der Waals surface area contributed by atoms with Crippen molar-refractivity contribution in [3.8, 4) is 11.5 Å². The van der Waals surface area contributed by atoms with Crippen LogP contribution in [0, 0.1) is 5.82 Å². The highest BCUT2D eigenvalue weighted by Crippen LogP contribution is 2.40. The first-order valence-corrected chi connectivity index (χ1v) is 22.1. The van der Waals surface area contributed by atoms with Crippen molar-refractivity contribution in [3.63, 3.8) is 0 Å². The molecule has 0 aliphatic carbocycles. The number of alkyl halides is 2. The van der Waals surface area contributed by atoms with Gasteiger partial charge in [-0.2, -0.15) is 0 Å². The number of rotatable bonds is 14. The summed E-state index contributed by atoms with van der Waals surface area (Å²) in [6.45, 7) is 11.7. The highest BCUT2D eigenvalue weighted by molar-refractivity contribution is 9.10. The molecule has 0 fully saturated rings. The monoisotopic (exact) mass is 767 g/mol. The highest BCUT2D eigenvalue weighted by Gasteiger charge is 2.52. The molecule has 1 aromatic carbocycles. The van der Waals surface area contributed by atoms with Crippen molar-refractivity contribution in [3.05, 3.63) is 45.9 Å².